The summed E-state index contributed by atoms with van der Waals surface area (Å²) in [5, 5.41) is 0. The summed E-state index contributed by atoms with van der Waals surface area (Å²) in [6.45, 7) is 11.1. The van der Waals surface area contributed by atoms with Gasteiger partial charge in [-0.3, -0.25) is 0 Å². The Morgan fingerprint density at radius 2 is 0.625 bits per heavy atom. The summed E-state index contributed by atoms with van der Waals surface area (Å²) < 4.78 is 38.0. The van der Waals surface area contributed by atoms with Gasteiger partial charge in [0.05, 0.1) is 85.9 Å². The van der Waals surface area contributed by atoms with E-state index in [1.165, 1.54) is 44.9 Å². The first-order chi connectivity index (χ1) is 15.9. The molecule has 0 amide bonds. The molecule has 0 heterocycles. The maximum absolute atomic E-state index is 5.60. The van der Waals surface area contributed by atoms with Gasteiger partial charge in [0.15, 0.2) is 0 Å². The average Bonchev–Trinajstić information content (AvgIpc) is 2.81. The Morgan fingerprint density at radius 1 is 0.344 bits per heavy atom. The van der Waals surface area contributed by atoms with E-state index < -0.39 is 0 Å². The molecular formula is C24H51NO7. The molecule has 0 fully saturated rings. The zero-order valence-corrected chi connectivity index (χ0v) is 20.7. The first kappa shape index (κ1) is 31.7. The molecule has 0 aromatic rings. The SMILES string of the molecule is CCCCCCCCCCOCCOCCOCCOCCOCCOCCOCCN. The molecule has 0 unspecified atom stereocenters. The van der Waals surface area contributed by atoms with Crippen LogP contribution in [0.15, 0.2) is 0 Å². The Hall–Kier alpha value is -0.320. The highest BCUT2D eigenvalue weighted by Gasteiger charge is 1.95. The molecule has 0 atom stereocenters. The lowest BCUT2D eigenvalue weighted by molar-refractivity contribution is -0.0203. The van der Waals surface area contributed by atoms with Gasteiger partial charge in [0.25, 0.3) is 0 Å². The van der Waals surface area contributed by atoms with Crippen molar-refractivity contribution < 1.29 is 33.2 Å². The van der Waals surface area contributed by atoms with E-state index in [1.54, 1.807) is 0 Å². The first-order valence-corrected chi connectivity index (χ1v) is 12.7. The molecule has 0 aromatic carbocycles. The molecule has 0 saturated heterocycles. The van der Waals surface area contributed by atoms with Gasteiger partial charge < -0.3 is 38.9 Å². The first-order valence-electron chi connectivity index (χ1n) is 12.7. The van der Waals surface area contributed by atoms with Crippen LogP contribution in [0, 0.1) is 0 Å². The Labute approximate surface area is 196 Å². The molecule has 0 aliphatic rings. The fourth-order valence-electron chi connectivity index (χ4n) is 2.84. The highest BCUT2D eigenvalue weighted by Crippen LogP contribution is 2.08. The van der Waals surface area contributed by atoms with Crippen molar-refractivity contribution in [3.8, 4) is 0 Å². The van der Waals surface area contributed by atoms with Gasteiger partial charge in [-0.2, -0.15) is 0 Å². The molecule has 194 valence electrons. The molecule has 0 radical (unpaired) electrons. The number of nitrogens with two attached hydrogens (primary N) is 1. The van der Waals surface area contributed by atoms with Crippen molar-refractivity contribution in [2.45, 2.75) is 58.3 Å². The Balaban J connectivity index is 2.98. The van der Waals surface area contributed by atoms with Crippen LogP contribution in [-0.4, -0.2) is 99.0 Å². The molecule has 0 aliphatic carbocycles. The van der Waals surface area contributed by atoms with Crippen LogP contribution in [-0.2, 0) is 33.2 Å². The number of hydrogen-bond acceptors (Lipinski definition) is 8. The van der Waals surface area contributed by atoms with Gasteiger partial charge in [0, 0.05) is 13.2 Å². The molecule has 0 rings (SSSR count). The van der Waals surface area contributed by atoms with Gasteiger partial charge in [-0.25, -0.2) is 0 Å². The predicted molar refractivity (Wildman–Crippen MR) is 127 cm³/mol. The lowest BCUT2D eigenvalue weighted by atomic mass is 10.1. The second-order valence-electron chi connectivity index (χ2n) is 7.55. The molecule has 0 aliphatic heterocycles. The Kier molecular flexibility index (Phi) is 30.4. The summed E-state index contributed by atoms with van der Waals surface area (Å²) in [5.74, 6) is 0. The van der Waals surface area contributed by atoms with Gasteiger partial charge in [-0.05, 0) is 6.42 Å². The molecule has 0 aromatic heterocycles. The lowest BCUT2D eigenvalue weighted by Gasteiger charge is -2.08. The second kappa shape index (κ2) is 30.7. The molecule has 0 saturated carbocycles. The van der Waals surface area contributed by atoms with Crippen molar-refractivity contribution in [1.29, 1.82) is 0 Å². The predicted octanol–water partition coefficient (Wildman–Crippen LogP) is 3.20. The van der Waals surface area contributed by atoms with Crippen LogP contribution >= 0.6 is 0 Å². The Bertz CT molecular complexity index is 295. The summed E-state index contributed by atoms with van der Waals surface area (Å²) >= 11 is 0. The number of hydrogen-bond donors (Lipinski definition) is 1. The monoisotopic (exact) mass is 465 g/mol. The van der Waals surface area contributed by atoms with Gasteiger partial charge >= 0.3 is 0 Å². The largest absolute Gasteiger partial charge is 0.379 e. The molecule has 0 spiro atoms. The highest BCUT2D eigenvalue weighted by atomic mass is 16.6. The van der Waals surface area contributed by atoms with Crippen molar-refractivity contribution in [3.05, 3.63) is 0 Å². The van der Waals surface area contributed by atoms with Crippen molar-refractivity contribution in [2.75, 3.05) is 99.0 Å². The van der Waals surface area contributed by atoms with Crippen LogP contribution in [0.4, 0.5) is 0 Å². The van der Waals surface area contributed by atoms with E-state index in [0.29, 0.717) is 92.4 Å². The lowest BCUT2D eigenvalue weighted by Crippen LogP contribution is -2.15. The van der Waals surface area contributed by atoms with E-state index in [1.807, 2.05) is 0 Å². The minimum Gasteiger partial charge on any atom is -0.379 e. The van der Waals surface area contributed by atoms with E-state index in [2.05, 4.69) is 6.92 Å². The van der Waals surface area contributed by atoms with E-state index in [4.69, 9.17) is 38.9 Å². The quantitative estimate of drug-likeness (QED) is 0.168. The van der Waals surface area contributed by atoms with Gasteiger partial charge in [-0.15, -0.1) is 0 Å². The molecule has 8 heteroatoms. The second-order valence-corrected chi connectivity index (χ2v) is 7.55. The molecular weight excluding hydrogens is 414 g/mol. The van der Waals surface area contributed by atoms with E-state index >= 15 is 0 Å². The number of unbranched alkanes of at least 4 members (excludes halogenated alkanes) is 7. The van der Waals surface area contributed by atoms with Crippen molar-refractivity contribution in [1.82, 2.24) is 0 Å². The fourth-order valence-corrected chi connectivity index (χ4v) is 2.84. The molecule has 2 N–H and O–H groups in total. The smallest absolute Gasteiger partial charge is 0.0701 e. The highest BCUT2D eigenvalue weighted by molar-refractivity contribution is 4.46. The van der Waals surface area contributed by atoms with Gasteiger partial charge in [0.2, 0.25) is 0 Å². The van der Waals surface area contributed by atoms with Crippen LogP contribution < -0.4 is 5.73 Å². The van der Waals surface area contributed by atoms with Crippen LogP contribution in [0.2, 0.25) is 0 Å². The average molecular weight is 466 g/mol. The topological polar surface area (TPSA) is 90.6 Å². The minimum atomic E-state index is 0.539. The summed E-state index contributed by atoms with van der Waals surface area (Å²) in [6, 6.07) is 0. The van der Waals surface area contributed by atoms with Crippen LogP contribution in [0.25, 0.3) is 0 Å². The van der Waals surface area contributed by atoms with E-state index in [-0.39, 0.29) is 0 Å². The van der Waals surface area contributed by atoms with E-state index in [0.717, 1.165) is 13.0 Å². The maximum Gasteiger partial charge on any atom is 0.0701 e. The van der Waals surface area contributed by atoms with Crippen molar-refractivity contribution in [3.63, 3.8) is 0 Å². The summed E-state index contributed by atoms with van der Waals surface area (Å²) in [7, 11) is 0. The van der Waals surface area contributed by atoms with Gasteiger partial charge in [0.1, 0.15) is 0 Å². The third-order valence-electron chi connectivity index (χ3n) is 4.64. The van der Waals surface area contributed by atoms with Crippen LogP contribution in [0.1, 0.15) is 58.3 Å². The minimum absolute atomic E-state index is 0.539. The van der Waals surface area contributed by atoms with Crippen molar-refractivity contribution >= 4 is 0 Å². The number of ether oxygens (including phenoxy) is 7. The zero-order chi connectivity index (χ0) is 23.2. The molecule has 32 heavy (non-hydrogen) atoms. The summed E-state index contributed by atoms with van der Waals surface area (Å²) in [4.78, 5) is 0. The standard InChI is InChI=1S/C24H51NO7/c1-2-3-4-5-6-7-8-9-11-26-13-15-28-17-19-30-21-23-32-24-22-31-20-18-29-16-14-27-12-10-25/h2-25H2,1H3. The Morgan fingerprint density at radius 3 is 0.969 bits per heavy atom. The van der Waals surface area contributed by atoms with Crippen LogP contribution in [0.5, 0.6) is 0 Å². The summed E-state index contributed by atoms with van der Waals surface area (Å²) in [5.41, 5.74) is 5.32. The third-order valence-corrected chi connectivity index (χ3v) is 4.64. The third kappa shape index (κ3) is 29.7. The fraction of sp³-hybridized carbons (Fsp3) is 1.00. The zero-order valence-electron chi connectivity index (χ0n) is 20.7. The number of rotatable bonds is 29. The van der Waals surface area contributed by atoms with Crippen LogP contribution in [0.3, 0.4) is 0 Å². The summed E-state index contributed by atoms with van der Waals surface area (Å²) in [6.07, 6.45) is 10.6. The molecule has 0 bridgehead atoms. The van der Waals surface area contributed by atoms with Crippen molar-refractivity contribution in [2.24, 2.45) is 5.73 Å². The van der Waals surface area contributed by atoms with Gasteiger partial charge in [-0.1, -0.05) is 51.9 Å². The molecule has 8 nitrogen and oxygen atoms in total. The maximum atomic E-state index is 5.60. The van der Waals surface area contributed by atoms with E-state index in [9.17, 15) is 0 Å². The normalized spacial score (nSPS) is 11.4.